The minimum absolute atomic E-state index is 0.0327. The van der Waals surface area contributed by atoms with Crippen LogP contribution in [0.25, 0.3) is 0 Å². The van der Waals surface area contributed by atoms with E-state index in [1.807, 2.05) is 0 Å². The number of aromatic nitrogens is 1. The van der Waals surface area contributed by atoms with Gasteiger partial charge in [-0.05, 0) is 36.2 Å². The van der Waals surface area contributed by atoms with Crippen LogP contribution in [0.3, 0.4) is 0 Å². The van der Waals surface area contributed by atoms with E-state index in [0.29, 0.717) is 32.6 Å². The summed E-state index contributed by atoms with van der Waals surface area (Å²) in [5.74, 6) is -0.0339. The number of ketones is 1. The van der Waals surface area contributed by atoms with Crippen molar-refractivity contribution in [3.8, 4) is 0 Å². The topological polar surface area (TPSA) is 101 Å². The number of aryl methyl sites for hydroxylation is 1. The van der Waals surface area contributed by atoms with Crippen molar-refractivity contribution >= 4 is 43.3 Å². The minimum atomic E-state index is -4.09. The number of hydrogen-bond donors (Lipinski definition) is 0. The van der Waals surface area contributed by atoms with Crippen LogP contribution in [0.1, 0.15) is 22.3 Å². The highest BCUT2D eigenvalue weighted by molar-refractivity contribution is 8.09. The van der Waals surface area contributed by atoms with E-state index >= 15 is 0 Å². The number of sulfonamides is 2. The number of carbonyl (C=O) groups is 1. The van der Waals surface area contributed by atoms with Crippen molar-refractivity contribution in [2.24, 2.45) is 0 Å². The molecule has 10 heteroatoms. The van der Waals surface area contributed by atoms with Crippen LogP contribution < -0.4 is 3.71 Å². The molecule has 2 aromatic rings. The third-order valence-corrected chi connectivity index (χ3v) is 8.06. The van der Waals surface area contributed by atoms with Crippen LogP contribution in [-0.4, -0.2) is 40.1 Å². The Morgan fingerprint density at radius 3 is 2.19 bits per heavy atom. The predicted octanol–water partition coefficient (Wildman–Crippen LogP) is 2.09. The molecule has 0 spiro atoms. The first kappa shape index (κ1) is 18.9. The second-order valence-corrected chi connectivity index (χ2v) is 10.9. The van der Waals surface area contributed by atoms with Gasteiger partial charge in [0.15, 0.2) is 5.78 Å². The van der Waals surface area contributed by atoms with E-state index in [9.17, 15) is 21.6 Å². The van der Waals surface area contributed by atoms with E-state index < -0.39 is 20.0 Å². The Hall–Kier alpha value is -1.91. The summed E-state index contributed by atoms with van der Waals surface area (Å²) in [6.45, 7) is 0. The largest absolute Gasteiger partial charge is 0.294 e. The summed E-state index contributed by atoms with van der Waals surface area (Å²) in [4.78, 5) is 17.1. The maximum Gasteiger partial charge on any atom is 0.245 e. The summed E-state index contributed by atoms with van der Waals surface area (Å²) in [5.41, 5.74) is 1.19. The maximum atomic E-state index is 12.2. The lowest BCUT2D eigenvalue weighted by Crippen LogP contribution is -2.35. The van der Waals surface area contributed by atoms with Gasteiger partial charge >= 0.3 is 0 Å². The number of fused-ring (bicyclic) bond motifs is 1. The summed E-state index contributed by atoms with van der Waals surface area (Å²) in [7, 11) is -8.17. The van der Waals surface area contributed by atoms with E-state index in [1.54, 1.807) is 30.6 Å². The average molecular weight is 413 g/mol. The number of pyridine rings is 1. The van der Waals surface area contributed by atoms with Gasteiger partial charge in [0.1, 0.15) is 0 Å². The molecule has 0 aliphatic heterocycles. The maximum absolute atomic E-state index is 12.2. The molecule has 0 fully saturated rings. The van der Waals surface area contributed by atoms with Crippen molar-refractivity contribution < 1.29 is 21.6 Å². The molecule has 1 heterocycles. The Morgan fingerprint density at radius 1 is 1.00 bits per heavy atom. The normalized spacial score (nSPS) is 14.3. The smallest absolute Gasteiger partial charge is 0.245 e. The molecular formula is C16H16N2O5S3. The van der Waals surface area contributed by atoms with Gasteiger partial charge in [-0.2, -0.15) is 3.71 Å². The molecule has 0 N–H and O–H groups in total. The lowest BCUT2D eigenvalue weighted by atomic mass is 10.1. The molecule has 26 heavy (non-hydrogen) atoms. The van der Waals surface area contributed by atoms with Crippen LogP contribution >= 0.6 is 11.8 Å². The highest BCUT2D eigenvalue weighted by atomic mass is 32.3. The van der Waals surface area contributed by atoms with Crippen molar-refractivity contribution in [3.05, 3.63) is 47.8 Å². The van der Waals surface area contributed by atoms with E-state index in [2.05, 4.69) is 4.98 Å². The molecule has 0 atom stereocenters. The standard InChI is InChI=1S/C16H16N2O5S3/c1-25(20,21)18(26(2,22)23)14-9-11-3-4-15(19)13(11)10-16(14)24-12-5-7-17-8-6-12/h5-10H,3-4H2,1-2H3. The number of nitrogens with zero attached hydrogens (tertiary/aromatic N) is 2. The molecule has 0 amide bonds. The molecule has 3 rings (SSSR count). The summed E-state index contributed by atoms with van der Waals surface area (Å²) < 4.78 is 49.3. The molecule has 1 aromatic heterocycles. The summed E-state index contributed by atoms with van der Waals surface area (Å²) in [6.07, 6.45) is 5.62. The molecule has 0 bridgehead atoms. The van der Waals surface area contributed by atoms with Gasteiger partial charge in [-0.3, -0.25) is 9.78 Å². The molecule has 1 aromatic carbocycles. The molecular weight excluding hydrogens is 396 g/mol. The zero-order valence-electron chi connectivity index (χ0n) is 14.0. The summed E-state index contributed by atoms with van der Waals surface area (Å²) >= 11 is 1.18. The zero-order valence-corrected chi connectivity index (χ0v) is 16.5. The van der Waals surface area contributed by atoms with Gasteiger partial charge in [0.25, 0.3) is 0 Å². The number of rotatable bonds is 5. The highest BCUT2D eigenvalue weighted by Crippen LogP contribution is 2.41. The predicted molar refractivity (Wildman–Crippen MR) is 99.6 cm³/mol. The van der Waals surface area contributed by atoms with Crippen molar-refractivity contribution in [2.45, 2.75) is 22.6 Å². The van der Waals surface area contributed by atoms with E-state index in [-0.39, 0.29) is 11.5 Å². The number of hydrogen-bond acceptors (Lipinski definition) is 7. The summed E-state index contributed by atoms with van der Waals surface area (Å²) in [6, 6.07) is 6.50. The first-order valence-electron chi connectivity index (χ1n) is 7.56. The second kappa shape index (κ2) is 6.67. The van der Waals surface area contributed by atoms with Gasteiger partial charge in [-0.15, -0.1) is 0 Å². The molecule has 0 unspecified atom stereocenters. The summed E-state index contributed by atoms with van der Waals surface area (Å²) in [5, 5.41) is 0. The Balaban J connectivity index is 2.24. The third-order valence-electron chi connectivity index (χ3n) is 3.78. The van der Waals surface area contributed by atoms with Crippen LogP contribution in [0.15, 0.2) is 46.5 Å². The Labute approximate surface area is 156 Å². The lowest BCUT2D eigenvalue weighted by molar-refractivity contribution is 0.0994. The van der Waals surface area contributed by atoms with Crippen molar-refractivity contribution in [1.29, 1.82) is 0 Å². The van der Waals surface area contributed by atoms with Crippen molar-refractivity contribution in [1.82, 2.24) is 4.98 Å². The van der Waals surface area contributed by atoms with Gasteiger partial charge in [-0.25, -0.2) is 16.8 Å². The van der Waals surface area contributed by atoms with Gasteiger partial charge in [-0.1, -0.05) is 11.8 Å². The number of anilines is 1. The number of carbonyl (C=O) groups excluding carboxylic acids is 1. The Bertz CT molecular complexity index is 1050. The number of benzene rings is 1. The minimum Gasteiger partial charge on any atom is -0.294 e. The first-order valence-corrected chi connectivity index (χ1v) is 12.1. The zero-order chi connectivity index (χ0) is 19.1. The molecule has 7 nitrogen and oxygen atoms in total. The fourth-order valence-corrected chi connectivity index (χ4v) is 6.86. The van der Waals surface area contributed by atoms with Crippen LogP contribution in [0.5, 0.6) is 0 Å². The first-order chi connectivity index (χ1) is 12.1. The molecule has 0 radical (unpaired) electrons. The quantitative estimate of drug-likeness (QED) is 0.741. The van der Waals surface area contributed by atoms with E-state index in [0.717, 1.165) is 17.4 Å². The van der Waals surface area contributed by atoms with Crippen LogP contribution in [0.4, 0.5) is 5.69 Å². The van der Waals surface area contributed by atoms with Crippen molar-refractivity contribution in [2.75, 3.05) is 16.2 Å². The lowest BCUT2D eigenvalue weighted by Gasteiger charge is -2.23. The fraction of sp³-hybridized carbons (Fsp3) is 0.250. The van der Waals surface area contributed by atoms with Crippen LogP contribution in [0, 0.1) is 0 Å². The fourth-order valence-electron chi connectivity index (χ4n) is 2.82. The number of Topliss-reactive ketones (excluding diaryl/α,β-unsaturated/α-hetero) is 1. The van der Waals surface area contributed by atoms with Gasteiger partial charge < -0.3 is 0 Å². The van der Waals surface area contributed by atoms with Crippen LogP contribution in [0.2, 0.25) is 0 Å². The van der Waals surface area contributed by atoms with Crippen molar-refractivity contribution in [3.63, 3.8) is 0 Å². The van der Waals surface area contributed by atoms with Gasteiger partial charge in [0.2, 0.25) is 20.0 Å². The SMILES string of the molecule is CS(=O)(=O)N(c1cc2c(cc1Sc1ccncc1)C(=O)CC2)S(C)(=O)=O. The molecule has 1 aliphatic carbocycles. The van der Waals surface area contributed by atoms with Gasteiger partial charge in [0, 0.05) is 34.2 Å². The van der Waals surface area contributed by atoms with E-state index in [4.69, 9.17) is 0 Å². The monoisotopic (exact) mass is 412 g/mol. The molecule has 1 aliphatic rings. The highest BCUT2D eigenvalue weighted by Gasteiger charge is 2.32. The molecule has 0 saturated carbocycles. The van der Waals surface area contributed by atoms with Gasteiger partial charge in [0.05, 0.1) is 18.2 Å². The van der Waals surface area contributed by atoms with Crippen LogP contribution in [-0.2, 0) is 26.5 Å². The van der Waals surface area contributed by atoms with E-state index in [1.165, 1.54) is 17.8 Å². The second-order valence-electron chi connectivity index (χ2n) is 5.91. The molecule has 138 valence electrons. The Kier molecular flexibility index (Phi) is 4.84. The molecule has 0 saturated heterocycles. The Morgan fingerprint density at radius 2 is 1.62 bits per heavy atom. The third kappa shape index (κ3) is 3.76. The average Bonchev–Trinajstić information content (AvgIpc) is 2.86.